The molecule has 0 aromatic heterocycles. The largest absolute Gasteiger partial charge is 0 e. The van der Waals surface area contributed by atoms with Crippen molar-refractivity contribution in [1.82, 2.24) is 0 Å². The van der Waals surface area contributed by atoms with Crippen LogP contribution in [0.1, 0.15) is 0 Å². The van der Waals surface area contributed by atoms with Gasteiger partial charge in [-0.3, -0.25) is 0 Å². The maximum absolute atomic E-state index is 0. The molecule has 8 heavy (non-hydrogen) atoms. The molecule has 0 saturated heterocycles. The van der Waals surface area contributed by atoms with Gasteiger partial charge in [-0.25, -0.2) is 0 Å². The van der Waals surface area contributed by atoms with E-state index in [1.54, 1.807) is 0 Å². The molecule has 0 aromatic carbocycles. The first kappa shape index (κ1) is 57.5. The van der Waals surface area contributed by atoms with Gasteiger partial charge in [0, 0.05) is 69.0 Å². The van der Waals surface area contributed by atoms with Crippen molar-refractivity contribution in [3.8, 4) is 0 Å². The Bertz CT molecular complexity index is 19.2. The molecule has 0 amide bonds. The minimum absolute atomic E-state index is 0. The molecule has 0 atom stereocenters. The van der Waals surface area contributed by atoms with Crippen LogP contribution in [0.15, 0.2) is 0 Å². The molecule has 0 aliphatic carbocycles. The van der Waals surface area contributed by atoms with Gasteiger partial charge in [-0.05, 0) is 0 Å². The fourth-order valence-corrected chi connectivity index (χ4v) is 0. The standard InChI is InChI=1S/Ca.Ce.3HI.In.Na.Tl.3H/h;;3*1H;;;;;;/q;;;;;+3;;;;;/p-3. The van der Waals surface area contributed by atoms with Gasteiger partial charge in [0.2, 0.25) is 0 Å². The van der Waals surface area contributed by atoms with E-state index in [0.29, 0.717) is 0 Å². The molecule has 0 aliphatic heterocycles. The molecule has 0 spiro atoms. The molecular weight excluding hydrogens is 903 g/mol. The molecule has 0 rings (SSSR count). The molecular formula is H3CaCeI3InNaTl. The zero-order valence-electron chi connectivity index (χ0n) is 2.79. The van der Waals surface area contributed by atoms with Gasteiger partial charge in [-0.2, -0.15) is 0 Å². The molecule has 0 aromatic rings. The van der Waals surface area contributed by atoms with Crippen molar-refractivity contribution in [2.75, 3.05) is 0 Å². The first-order valence-electron chi connectivity index (χ1n) is 0. The maximum Gasteiger partial charge on any atom is 0 e. The second kappa shape index (κ2) is 46.7. The summed E-state index contributed by atoms with van der Waals surface area (Å²) in [5.41, 5.74) is 0. The van der Waals surface area contributed by atoms with Crippen LogP contribution in [-0.4, -0.2) is 120 Å². The van der Waals surface area contributed by atoms with Crippen molar-refractivity contribution in [3.05, 3.63) is 0 Å². The van der Waals surface area contributed by atoms with Crippen LogP contribution in [0.2, 0.25) is 0 Å². The normalized spacial score (nSPS) is 0. The summed E-state index contributed by atoms with van der Waals surface area (Å²) >= 11 is 0. The third kappa shape index (κ3) is 37.4. The fraction of sp³-hybridized carbons (Fsp3) is 0. The van der Waals surface area contributed by atoms with E-state index in [9.17, 15) is 0 Å². The van der Waals surface area contributed by atoms with E-state index in [0.717, 1.165) is 0 Å². The smallest absolute Gasteiger partial charge is 0 e. The fourth-order valence-electron chi connectivity index (χ4n) is 0. The summed E-state index contributed by atoms with van der Waals surface area (Å²) < 4.78 is 0. The summed E-state index contributed by atoms with van der Waals surface area (Å²) in [6, 6.07) is 0. The molecule has 0 aliphatic rings. The van der Waals surface area contributed by atoms with Gasteiger partial charge in [0.1, 0.15) is 0 Å². The van der Waals surface area contributed by atoms with Crippen LogP contribution in [-0.2, 0) is 0 Å². The van der Waals surface area contributed by atoms with E-state index in [-0.39, 0.29) is 234 Å². The zero-order chi connectivity index (χ0) is 0. The van der Waals surface area contributed by atoms with Crippen LogP contribution in [0, 0.1) is 41.7 Å². The molecule has 0 N–H and O–H groups in total. The van der Waals surface area contributed by atoms with Gasteiger partial charge < -0.3 is 71.9 Å². The van der Waals surface area contributed by atoms with Crippen molar-refractivity contribution in [2.45, 2.75) is 0 Å². The van der Waals surface area contributed by atoms with E-state index >= 15 is 0 Å². The van der Waals surface area contributed by atoms with Crippen LogP contribution < -0.4 is 71.9 Å². The molecule has 0 heterocycles. The van der Waals surface area contributed by atoms with E-state index in [4.69, 9.17) is 0 Å². The van der Waals surface area contributed by atoms with Crippen LogP contribution in [0.4, 0.5) is 0 Å². The van der Waals surface area contributed by atoms with Crippen molar-refractivity contribution in [3.63, 3.8) is 0 Å². The molecule has 8 heteroatoms. The van der Waals surface area contributed by atoms with Crippen molar-refractivity contribution < 1.29 is 114 Å². The Morgan fingerprint density at radius 3 is 0.750 bits per heavy atom. The average molecular weight is 906 g/mol. The Morgan fingerprint density at radius 2 is 0.750 bits per heavy atom. The number of halogens is 3. The Balaban J connectivity index is 0. The summed E-state index contributed by atoms with van der Waals surface area (Å²) in [6.07, 6.45) is 0. The quantitative estimate of drug-likeness (QED) is 0.168. The van der Waals surface area contributed by atoms with Gasteiger partial charge >= 0.3 is 93.1 Å². The molecule has 0 fully saturated rings. The van der Waals surface area contributed by atoms with Crippen LogP contribution in [0.3, 0.4) is 0 Å². The van der Waals surface area contributed by atoms with Gasteiger partial charge in [0.05, 0.1) is 0 Å². The van der Waals surface area contributed by atoms with Crippen LogP contribution >= 0.6 is 0 Å². The first-order chi connectivity index (χ1) is 0. The van der Waals surface area contributed by atoms with Gasteiger partial charge in [0.15, 0.2) is 0 Å². The van der Waals surface area contributed by atoms with Crippen molar-refractivity contribution >= 4 is 120 Å². The minimum Gasteiger partial charge on any atom is 0 e. The third-order valence-corrected chi connectivity index (χ3v) is 0. The molecule has 0 unspecified atom stereocenters. The third-order valence-electron chi connectivity index (χ3n) is 0. The summed E-state index contributed by atoms with van der Waals surface area (Å²) in [7, 11) is 0. The van der Waals surface area contributed by atoms with Gasteiger partial charge in [0.25, 0.3) is 0 Å². The summed E-state index contributed by atoms with van der Waals surface area (Å²) in [6.45, 7) is 0. The average Bonchev–Trinajstić information content (AvgIpc) is 0. The maximum atomic E-state index is 0. The Labute approximate surface area is 226 Å². The second-order valence-corrected chi connectivity index (χ2v) is 0. The van der Waals surface area contributed by atoms with E-state index < -0.39 is 0 Å². The van der Waals surface area contributed by atoms with Gasteiger partial charge in [-0.15, -0.1) is 0 Å². The first-order valence-corrected chi connectivity index (χ1v) is 0. The monoisotopic (exact) mass is 906 g/mol. The van der Waals surface area contributed by atoms with Crippen molar-refractivity contribution in [1.29, 1.82) is 0 Å². The predicted octanol–water partition coefficient (Wildman–Crippen LogP) is -11.3. The van der Waals surface area contributed by atoms with E-state index in [1.165, 1.54) is 0 Å². The van der Waals surface area contributed by atoms with Crippen LogP contribution in [0.5, 0.6) is 0 Å². The molecule has 0 bridgehead atoms. The van der Waals surface area contributed by atoms with Crippen LogP contribution in [0.25, 0.3) is 0 Å². The number of hydrogen-bond acceptors (Lipinski definition) is 0. The Morgan fingerprint density at radius 1 is 0.750 bits per heavy atom. The Hall–Kier alpha value is 7.62. The van der Waals surface area contributed by atoms with E-state index in [1.807, 2.05) is 0 Å². The summed E-state index contributed by atoms with van der Waals surface area (Å²) in [5.74, 6) is 0. The minimum atomic E-state index is 0. The number of hydrogen-bond donors (Lipinski definition) is 0. The molecule has 37 valence electrons. The summed E-state index contributed by atoms with van der Waals surface area (Å²) in [5, 5.41) is 0. The van der Waals surface area contributed by atoms with Gasteiger partial charge in [-0.1, -0.05) is 0 Å². The molecule has 1 radical (unpaired) electrons. The van der Waals surface area contributed by atoms with Crippen molar-refractivity contribution in [2.24, 2.45) is 0 Å². The summed E-state index contributed by atoms with van der Waals surface area (Å²) in [4.78, 5) is 0. The Kier molecular flexibility index (Phi) is 336. The topological polar surface area (TPSA) is 0 Å². The second-order valence-electron chi connectivity index (χ2n) is 0. The molecule has 0 saturated carbocycles. The number of rotatable bonds is 0. The van der Waals surface area contributed by atoms with E-state index in [2.05, 4.69) is 0 Å². The molecule has 0 nitrogen and oxygen atoms in total. The SMILES string of the molecule is [CaH2].[Ce].[I-].[I-].[I-].[In+3].[NaH].[Tl]. The predicted molar refractivity (Wildman–Crippen MR) is 27.2 cm³/mol. The zero-order valence-corrected chi connectivity index (χ0v) is 20.2.